The van der Waals surface area contributed by atoms with Gasteiger partial charge in [0, 0.05) is 4.47 Å². The van der Waals surface area contributed by atoms with Crippen LogP contribution in [0.4, 0.5) is 0 Å². The average Bonchev–Trinajstić information content (AvgIpc) is 2.29. The van der Waals surface area contributed by atoms with Crippen LogP contribution in [0, 0.1) is 5.92 Å². The molecule has 82 valence electrons. The van der Waals surface area contributed by atoms with Gasteiger partial charge in [-0.25, -0.2) is 0 Å². The van der Waals surface area contributed by atoms with Crippen molar-refractivity contribution >= 4 is 15.9 Å². The van der Waals surface area contributed by atoms with Crippen molar-refractivity contribution in [3.8, 4) is 0 Å². The Morgan fingerprint density at radius 1 is 1.20 bits per heavy atom. The van der Waals surface area contributed by atoms with Crippen LogP contribution in [-0.4, -0.2) is 0 Å². The Labute approximate surface area is 101 Å². The Bertz CT molecular complexity index is 313. The highest BCUT2D eigenvalue weighted by molar-refractivity contribution is 9.10. The SMILES string of the molecule is CC(c1cccc(Br)c1)C1CCCCC1. The summed E-state index contributed by atoms with van der Waals surface area (Å²) in [6, 6.07) is 8.80. The molecule has 1 heteroatoms. The van der Waals surface area contributed by atoms with Gasteiger partial charge in [0.25, 0.3) is 0 Å². The minimum Gasteiger partial charge on any atom is -0.0609 e. The molecule has 15 heavy (non-hydrogen) atoms. The summed E-state index contributed by atoms with van der Waals surface area (Å²) in [5.74, 6) is 1.64. The zero-order valence-corrected chi connectivity index (χ0v) is 11.0. The third-order valence-electron chi connectivity index (χ3n) is 3.73. The van der Waals surface area contributed by atoms with Gasteiger partial charge >= 0.3 is 0 Å². The molecule has 0 heterocycles. The van der Waals surface area contributed by atoms with Gasteiger partial charge in [-0.3, -0.25) is 0 Å². The van der Waals surface area contributed by atoms with Crippen molar-refractivity contribution in [2.75, 3.05) is 0 Å². The lowest BCUT2D eigenvalue weighted by atomic mass is 9.78. The maximum absolute atomic E-state index is 3.55. The van der Waals surface area contributed by atoms with E-state index in [4.69, 9.17) is 0 Å². The summed E-state index contributed by atoms with van der Waals surface area (Å²) in [4.78, 5) is 0. The molecule has 0 nitrogen and oxygen atoms in total. The molecule has 0 aliphatic heterocycles. The molecule has 1 saturated carbocycles. The van der Waals surface area contributed by atoms with Crippen molar-refractivity contribution < 1.29 is 0 Å². The third kappa shape index (κ3) is 2.84. The second kappa shape index (κ2) is 5.16. The molecule has 1 aliphatic carbocycles. The molecule has 1 fully saturated rings. The van der Waals surface area contributed by atoms with Crippen LogP contribution in [0.25, 0.3) is 0 Å². The van der Waals surface area contributed by atoms with E-state index in [1.165, 1.54) is 42.1 Å². The van der Waals surface area contributed by atoms with Crippen molar-refractivity contribution in [2.24, 2.45) is 5.92 Å². The van der Waals surface area contributed by atoms with Crippen LogP contribution in [0.1, 0.15) is 50.5 Å². The highest BCUT2D eigenvalue weighted by atomic mass is 79.9. The highest BCUT2D eigenvalue weighted by Gasteiger charge is 2.21. The molecule has 0 aromatic heterocycles. The van der Waals surface area contributed by atoms with Crippen LogP contribution in [0.5, 0.6) is 0 Å². The average molecular weight is 267 g/mol. The van der Waals surface area contributed by atoms with Crippen LogP contribution in [-0.2, 0) is 0 Å². The Morgan fingerprint density at radius 3 is 2.60 bits per heavy atom. The van der Waals surface area contributed by atoms with E-state index < -0.39 is 0 Å². The Hall–Kier alpha value is -0.300. The van der Waals surface area contributed by atoms with Crippen molar-refractivity contribution in [1.29, 1.82) is 0 Å². The minimum absolute atomic E-state index is 0.725. The molecule has 2 rings (SSSR count). The number of hydrogen-bond donors (Lipinski definition) is 0. The van der Waals surface area contributed by atoms with E-state index in [0.29, 0.717) is 0 Å². The summed E-state index contributed by atoms with van der Waals surface area (Å²) in [5, 5.41) is 0. The zero-order chi connectivity index (χ0) is 10.7. The second-order valence-corrected chi connectivity index (χ2v) is 5.66. The smallest absolute Gasteiger partial charge is 0.0178 e. The van der Waals surface area contributed by atoms with E-state index >= 15 is 0 Å². The molecule has 0 spiro atoms. The normalized spacial score (nSPS) is 20.1. The Balaban J connectivity index is 2.08. The largest absolute Gasteiger partial charge is 0.0609 e. The summed E-state index contributed by atoms with van der Waals surface area (Å²) >= 11 is 3.55. The molecule has 1 atom stereocenters. The molecule has 0 amide bonds. The fourth-order valence-corrected chi connectivity index (χ4v) is 3.11. The number of benzene rings is 1. The fourth-order valence-electron chi connectivity index (χ4n) is 2.70. The van der Waals surface area contributed by atoms with Crippen molar-refractivity contribution in [1.82, 2.24) is 0 Å². The number of halogens is 1. The number of hydrogen-bond acceptors (Lipinski definition) is 0. The lowest BCUT2D eigenvalue weighted by molar-refractivity contribution is 0.316. The maximum Gasteiger partial charge on any atom is 0.0178 e. The third-order valence-corrected chi connectivity index (χ3v) is 4.22. The monoisotopic (exact) mass is 266 g/mol. The van der Waals surface area contributed by atoms with E-state index in [2.05, 4.69) is 47.1 Å². The molecule has 0 bridgehead atoms. The van der Waals surface area contributed by atoms with Crippen LogP contribution < -0.4 is 0 Å². The highest BCUT2D eigenvalue weighted by Crippen LogP contribution is 2.36. The van der Waals surface area contributed by atoms with Gasteiger partial charge in [0.2, 0.25) is 0 Å². The predicted octanol–water partition coefficient (Wildman–Crippen LogP) is 5.13. The summed E-state index contributed by atoms with van der Waals surface area (Å²) in [6.07, 6.45) is 7.16. The van der Waals surface area contributed by atoms with E-state index in [9.17, 15) is 0 Å². The molecule has 0 N–H and O–H groups in total. The van der Waals surface area contributed by atoms with E-state index in [-0.39, 0.29) is 0 Å². The topological polar surface area (TPSA) is 0 Å². The first kappa shape index (κ1) is 11.2. The maximum atomic E-state index is 3.55. The Kier molecular flexibility index (Phi) is 3.85. The lowest BCUT2D eigenvalue weighted by Gasteiger charge is -2.28. The first-order chi connectivity index (χ1) is 7.27. The quantitative estimate of drug-likeness (QED) is 0.696. The van der Waals surface area contributed by atoms with E-state index in [1.54, 1.807) is 0 Å². The minimum atomic E-state index is 0.725. The molecule has 1 aliphatic rings. The first-order valence-corrected chi connectivity index (χ1v) is 6.82. The fraction of sp³-hybridized carbons (Fsp3) is 0.571. The van der Waals surface area contributed by atoms with Gasteiger partial charge in [-0.15, -0.1) is 0 Å². The van der Waals surface area contributed by atoms with Crippen LogP contribution in [0.2, 0.25) is 0 Å². The van der Waals surface area contributed by atoms with E-state index in [1.807, 2.05) is 0 Å². The molecular formula is C14H19Br. The summed E-state index contributed by atoms with van der Waals surface area (Å²) in [5.41, 5.74) is 1.50. The van der Waals surface area contributed by atoms with Gasteiger partial charge in [-0.2, -0.15) is 0 Å². The molecule has 1 unspecified atom stereocenters. The number of rotatable bonds is 2. The van der Waals surface area contributed by atoms with Crippen molar-refractivity contribution in [2.45, 2.75) is 44.9 Å². The van der Waals surface area contributed by atoms with E-state index in [0.717, 1.165) is 11.8 Å². The van der Waals surface area contributed by atoms with Gasteiger partial charge in [-0.05, 0) is 42.4 Å². The molecule has 0 radical (unpaired) electrons. The van der Waals surface area contributed by atoms with Gasteiger partial charge in [0.15, 0.2) is 0 Å². The summed E-state index contributed by atoms with van der Waals surface area (Å²) in [6.45, 7) is 2.39. The van der Waals surface area contributed by atoms with Crippen molar-refractivity contribution in [3.05, 3.63) is 34.3 Å². The van der Waals surface area contributed by atoms with Crippen LogP contribution in [0.15, 0.2) is 28.7 Å². The van der Waals surface area contributed by atoms with Crippen molar-refractivity contribution in [3.63, 3.8) is 0 Å². The zero-order valence-electron chi connectivity index (χ0n) is 9.38. The Morgan fingerprint density at radius 2 is 1.93 bits per heavy atom. The van der Waals surface area contributed by atoms with Gasteiger partial charge in [0.05, 0.1) is 0 Å². The second-order valence-electron chi connectivity index (χ2n) is 4.74. The van der Waals surface area contributed by atoms with Gasteiger partial charge in [0.1, 0.15) is 0 Å². The molecule has 1 aromatic carbocycles. The summed E-state index contributed by atoms with van der Waals surface area (Å²) < 4.78 is 1.21. The molecular weight excluding hydrogens is 248 g/mol. The molecule has 1 aromatic rings. The summed E-state index contributed by atoms with van der Waals surface area (Å²) in [7, 11) is 0. The van der Waals surface area contributed by atoms with Gasteiger partial charge < -0.3 is 0 Å². The predicted molar refractivity (Wildman–Crippen MR) is 69.1 cm³/mol. The lowest BCUT2D eigenvalue weighted by Crippen LogP contribution is -2.13. The van der Waals surface area contributed by atoms with Crippen LogP contribution in [0.3, 0.4) is 0 Å². The van der Waals surface area contributed by atoms with Gasteiger partial charge in [-0.1, -0.05) is 54.2 Å². The van der Waals surface area contributed by atoms with Crippen LogP contribution >= 0.6 is 15.9 Å². The standard InChI is InChI=1S/C14H19Br/c1-11(12-6-3-2-4-7-12)13-8-5-9-14(15)10-13/h5,8-12H,2-4,6-7H2,1H3. The molecule has 0 saturated heterocycles. The first-order valence-electron chi connectivity index (χ1n) is 6.03.